The molecule has 1 aliphatic carbocycles. The summed E-state index contributed by atoms with van der Waals surface area (Å²) in [4.78, 5) is 11.3. The molecule has 0 bridgehead atoms. The molecule has 192 valence electrons. The largest absolute Gasteiger partial charge is 0.803 e. The molecule has 0 heterocycles. The average molecular weight is 558 g/mol. The molecular formula is C29H25Cl3NO4-. The Morgan fingerprint density at radius 2 is 1.65 bits per heavy atom. The maximum atomic E-state index is 11.3. The molecule has 0 aliphatic heterocycles. The van der Waals surface area contributed by atoms with E-state index >= 15 is 0 Å². The van der Waals surface area contributed by atoms with Crippen molar-refractivity contribution in [3.05, 3.63) is 115 Å². The van der Waals surface area contributed by atoms with Gasteiger partial charge in [0.15, 0.2) is 0 Å². The van der Waals surface area contributed by atoms with E-state index in [4.69, 9.17) is 39.5 Å². The van der Waals surface area contributed by atoms with Gasteiger partial charge in [0.2, 0.25) is 0 Å². The number of rotatable bonds is 9. The predicted molar refractivity (Wildman–Crippen MR) is 149 cm³/mol. The number of aliphatic hydroxyl groups is 1. The fourth-order valence-corrected chi connectivity index (χ4v) is 5.24. The smallest absolute Gasteiger partial charge is 0.335 e. The first kappa shape index (κ1) is 27.1. The van der Waals surface area contributed by atoms with Gasteiger partial charge >= 0.3 is 5.97 Å². The molecule has 4 rings (SSSR count). The minimum absolute atomic E-state index is 0.0411. The highest BCUT2D eigenvalue weighted by Crippen LogP contribution is 2.56. The first-order valence-electron chi connectivity index (χ1n) is 11.8. The number of carboxylic acids is 1. The maximum absolute atomic E-state index is 11.3. The normalized spacial score (nSPS) is 17.4. The SMILES string of the molecule is CC(C)/C(O)=C(\COc1ccc(C2CC2c2cccc(C(=O)O)c2)c(Cl)c1)C(=[N-])c1c(Cl)cccc1Cl. The van der Waals surface area contributed by atoms with E-state index < -0.39 is 5.97 Å². The number of hydrogen-bond acceptors (Lipinski definition) is 3. The third kappa shape index (κ3) is 5.96. The standard InChI is InChI=1S/C29H25Cl3NO4/c1-15(2)28(34)22(27(33)26-23(30)7-4-8-24(26)31)14-37-18-9-10-19(25(32)12-18)21-13-20(21)16-5-3-6-17(11-16)29(35)36/h3-12,15,20-21,34H,13-14H2,1-2H3,(H,35,36)/q-1/b28-22-. The molecule has 1 fully saturated rings. The Morgan fingerprint density at radius 3 is 2.27 bits per heavy atom. The summed E-state index contributed by atoms with van der Waals surface area (Å²) in [6.45, 7) is 3.45. The van der Waals surface area contributed by atoms with Gasteiger partial charge in [-0.05, 0) is 71.3 Å². The molecule has 1 aliphatic rings. The molecule has 3 aromatic rings. The van der Waals surface area contributed by atoms with E-state index in [1.54, 1.807) is 62.4 Å². The van der Waals surface area contributed by atoms with E-state index in [0.29, 0.717) is 10.8 Å². The van der Waals surface area contributed by atoms with Crippen molar-refractivity contribution in [3.8, 4) is 5.75 Å². The fraction of sp³-hybridized carbons (Fsp3) is 0.241. The van der Waals surface area contributed by atoms with E-state index in [0.717, 1.165) is 17.5 Å². The van der Waals surface area contributed by atoms with Crippen LogP contribution in [0.25, 0.3) is 5.41 Å². The van der Waals surface area contributed by atoms with Gasteiger partial charge in [-0.25, -0.2) is 4.79 Å². The Bertz CT molecular complexity index is 1380. The van der Waals surface area contributed by atoms with Crippen LogP contribution in [0, 0.1) is 5.92 Å². The summed E-state index contributed by atoms with van der Waals surface area (Å²) in [6, 6.07) is 17.2. The highest BCUT2D eigenvalue weighted by molar-refractivity contribution is 6.42. The molecule has 3 aromatic carbocycles. The summed E-state index contributed by atoms with van der Waals surface area (Å²) in [7, 11) is 0. The molecule has 0 amide bonds. The zero-order chi connectivity index (χ0) is 26.9. The number of benzene rings is 3. The second-order valence-electron chi connectivity index (χ2n) is 9.32. The lowest BCUT2D eigenvalue weighted by atomic mass is 9.97. The third-order valence-electron chi connectivity index (χ3n) is 6.45. The summed E-state index contributed by atoms with van der Waals surface area (Å²) < 4.78 is 5.92. The minimum atomic E-state index is -0.949. The van der Waals surface area contributed by atoms with Gasteiger partial charge in [-0.3, -0.25) is 0 Å². The van der Waals surface area contributed by atoms with E-state index in [-0.39, 0.29) is 62.6 Å². The number of ether oxygens (including phenoxy) is 1. The zero-order valence-electron chi connectivity index (χ0n) is 20.2. The van der Waals surface area contributed by atoms with Gasteiger partial charge in [-0.15, -0.1) is 5.71 Å². The second-order valence-corrected chi connectivity index (χ2v) is 10.5. The van der Waals surface area contributed by atoms with Crippen molar-refractivity contribution in [2.24, 2.45) is 5.92 Å². The Morgan fingerprint density at radius 1 is 0.973 bits per heavy atom. The van der Waals surface area contributed by atoms with Crippen LogP contribution >= 0.6 is 34.8 Å². The Hall–Kier alpha value is -2.99. The lowest BCUT2D eigenvalue weighted by Gasteiger charge is -2.23. The number of carboxylic acid groups (broad SMARTS) is 1. The van der Waals surface area contributed by atoms with Crippen molar-refractivity contribution >= 4 is 46.5 Å². The first-order valence-corrected chi connectivity index (χ1v) is 12.9. The van der Waals surface area contributed by atoms with E-state index in [9.17, 15) is 20.4 Å². The van der Waals surface area contributed by atoms with Crippen LogP contribution in [0.5, 0.6) is 5.75 Å². The number of halogens is 3. The van der Waals surface area contributed by atoms with E-state index in [1.807, 2.05) is 12.1 Å². The van der Waals surface area contributed by atoms with Crippen molar-refractivity contribution in [3.63, 3.8) is 0 Å². The summed E-state index contributed by atoms with van der Waals surface area (Å²) in [6.07, 6.45) is 0.875. The van der Waals surface area contributed by atoms with Crippen molar-refractivity contribution in [1.82, 2.24) is 0 Å². The third-order valence-corrected chi connectivity index (χ3v) is 7.41. The van der Waals surface area contributed by atoms with Crippen LogP contribution in [-0.4, -0.2) is 28.5 Å². The van der Waals surface area contributed by atoms with Gasteiger partial charge in [0.25, 0.3) is 0 Å². The molecule has 0 spiro atoms. The molecule has 37 heavy (non-hydrogen) atoms. The molecule has 2 N–H and O–H groups in total. The van der Waals surface area contributed by atoms with Gasteiger partial charge in [0.1, 0.15) is 18.1 Å². The lowest BCUT2D eigenvalue weighted by Crippen LogP contribution is -2.17. The number of aliphatic hydroxyl groups excluding tert-OH is 1. The summed E-state index contributed by atoms with van der Waals surface area (Å²) >= 11 is 19.1. The van der Waals surface area contributed by atoms with Gasteiger partial charge in [-0.2, -0.15) is 0 Å². The molecule has 0 radical (unpaired) electrons. The number of aromatic carboxylic acids is 1. The topological polar surface area (TPSA) is 89.1 Å². The van der Waals surface area contributed by atoms with Crippen LogP contribution in [0.3, 0.4) is 0 Å². The van der Waals surface area contributed by atoms with Crippen LogP contribution < -0.4 is 4.74 Å². The van der Waals surface area contributed by atoms with Gasteiger partial charge in [0, 0.05) is 26.6 Å². The Labute approximate surface area is 230 Å². The van der Waals surface area contributed by atoms with Gasteiger partial charge < -0.3 is 20.4 Å². The van der Waals surface area contributed by atoms with E-state index in [1.165, 1.54) is 0 Å². The summed E-state index contributed by atoms with van der Waals surface area (Å²) in [5, 5.41) is 32.0. The maximum Gasteiger partial charge on any atom is 0.335 e. The van der Waals surface area contributed by atoms with Crippen molar-refractivity contribution in [2.45, 2.75) is 32.1 Å². The van der Waals surface area contributed by atoms with Gasteiger partial charge in [-0.1, -0.05) is 72.9 Å². The fourth-order valence-electron chi connectivity index (χ4n) is 4.35. The number of allylic oxidation sites excluding steroid dienone is 1. The molecular weight excluding hydrogens is 533 g/mol. The number of hydrogen-bond donors (Lipinski definition) is 2. The zero-order valence-corrected chi connectivity index (χ0v) is 22.5. The van der Waals surface area contributed by atoms with Crippen molar-refractivity contribution in [1.29, 1.82) is 0 Å². The van der Waals surface area contributed by atoms with E-state index in [2.05, 4.69) is 0 Å². The summed E-state index contributed by atoms with van der Waals surface area (Å²) in [5.41, 5.74) is 2.34. The summed E-state index contributed by atoms with van der Waals surface area (Å²) in [5.74, 6) is -0.416. The predicted octanol–water partition coefficient (Wildman–Crippen LogP) is 8.52. The van der Waals surface area contributed by atoms with Crippen molar-refractivity contribution < 1.29 is 19.7 Å². The molecule has 2 unspecified atom stereocenters. The number of nitrogens with zero attached hydrogens (tertiary/aromatic N) is 1. The molecule has 0 saturated heterocycles. The van der Waals surface area contributed by atoms with Gasteiger partial charge in [0.05, 0.1) is 5.56 Å². The molecule has 2 atom stereocenters. The minimum Gasteiger partial charge on any atom is -0.803 e. The Balaban J connectivity index is 1.51. The number of carbonyl (C=O) groups is 1. The average Bonchev–Trinajstić information content (AvgIpc) is 3.64. The van der Waals surface area contributed by atoms with Crippen molar-refractivity contribution in [2.75, 3.05) is 6.61 Å². The first-order chi connectivity index (χ1) is 17.6. The van der Waals surface area contributed by atoms with Crippen LogP contribution in [-0.2, 0) is 0 Å². The molecule has 5 nitrogen and oxygen atoms in total. The monoisotopic (exact) mass is 556 g/mol. The van der Waals surface area contributed by atoms with Crippen LogP contribution in [0.4, 0.5) is 0 Å². The highest BCUT2D eigenvalue weighted by Gasteiger charge is 2.40. The molecule has 0 aromatic heterocycles. The van der Waals surface area contributed by atoms with Crippen LogP contribution in [0.1, 0.15) is 59.2 Å². The second kappa shape index (κ2) is 11.2. The molecule has 1 saturated carbocycles. The quantitative estimate of drug-likeness (QED) is 0.204. The molecule has 8 heteroatoms. The van der Waals surface area contributed by atoms with Crippen LogP contribution in [0.2, 0.25) is 15.1 Å². The Kier molecular flexibility index (Phi) is 8.17. The lowest BCUT2D eigenvalue weighted by molar-refractivity contribution is 0.0696. The highest BCUT2D eigenvalue weighted by atomic mass is 35.5. The van der Waals surface area contributed by atoms with Crippen LogP contribution in [0.15, 0.2) is 72.0 Å².